The van der Waals surface area contributed by atoms with Gasteiger partial charge in [-0.15, -0.1) is 0 Å². The van der Waals surface area contributed by atoms with Crippen molar-refractivity contribution in [3.63, 3.8) is 0 Å². The molecule has 0 radical (unpaired) electrons. The maximum Gasteiger partial charge on any atom is 0.295 e. The van der Waals surface area contributed by atoms with Gasteiger partial charge in [-0.1, -0.05) is 0 Å². The van der Waals surface area contributed by atoms with Crippen molar-refractivity contribution in [1.82, 2.24) is 24.5 Å². The lowest BCUT2D eigenvalue weighted by Gasteiger charge is -2.09. The van der Waals surface area contributed by atoms with Gasteiger partial charge in [0.15, 0.2) is 0 Å². The summed E-state index contributed by atoms with van der Waals surface area (Å²) in [5.41, 5.74) is -0.760. The standard InChI is InChI=1S/C16H11N7O5S/c24-16-15(21-29(27,28)10-2-1-3-17-8-10)19-11-6-13(22-5-4-18-9-22)14(23(25)26)7-12(11)20-16/h1-9H,(H,19,21)(H,20,24). The summed E-state index contributed by atoms with van der Waals surface area (Å²) in [4.78, 5) is 37.0. The minimum Gasteiger partial charge on any atom is -0.317 e. The third-order valence-electron chi connectivity index (χ3n) is 3.94. The van der Waals surface area contributed by atoms with Gasteiger partial charge in [-0.05, 0) is 18.2 Å². The third kappa shape index (κ3) is 3.41. The lowest BCUT2D eigenvalue weighted by Crippen LogP contribution is -2.22. The van der Waals surface area contributed by atoms with Crippen LogP contribution in [0.25, 0.3) is 16.7 Å². The molecule has 0 amide bonds. The lowest BCUT2D eigenvalue weighted by molar-refractivity contribution is -0.384. The fourth-order valence-electron chi connectivity index (χ4n) is 2.63. The van der Waals surface area contributed by atoms with Crippen molar-refractivity contribution in [3.8, 4) is 5.69 Å². The highest BCUT2D eigenvalue weighted by Crippen LogP contribution is 2.27. The number of anilines is 1. The largest absolute Gasteiger partial charge is 0.317 e. The highest BCUT2D eigenvalue weighted by atomic mass is 32.2. The number of pyridine rings is 1. The van der Waals surface area contributed by atoms with Crippen molar-refractivity contribution >= 4 is 32.6 Å². The Morgan fingerprint density at radius 3 is 2.69 bits per heavy atom. The van der Waals surface area contributed by atoms with Crippen LogP contribution in [0.4, 0.5) is 11.5 Å². The maximum absolute atomic E-state index is 12.4. The Balaban J connectivity index is 1.85. The number of benzene rings is 1. The average molecular weight is 413 g/mol. The number of nitrogens with one attached hydrogen (secondary N) is 2. The van der Waals surface area contributed by atoms with E-state index in [0.29, 0.717) is 0 Å². The Morgan fingerprint density at radius 2 is 2.03 bits per heavy atom. The first-order valence-corrected chi connectivity index (χ1v) is 9.47. The van der Waals surface area contributed by atoms with Crippen molar-refractivity contribution in [2.45, 2.75) is 4.90 Å². The van der Waals surface area contributed by atoms with Crippen molar-refractivity contribution in [2.75, 3.05) is 4.72 Å². The lowest BCUT2D eigenvalue weighted by atomic mass is 10.2. The van der Waals surface area contributed by atoms with E-state index in [0.717, 1.165) is 12.3 Å². The average Bonchev–Trinajstić information content (AvgIpc) is 3.23. The van der Waals surface area contributed by atoms with E-state index in [4.69, 9.17) is 0 Å². The second-order valence-corrected chi connectivity index (χ2v) is 7.48. The number of rotatable bonds is 5. The number of hydrogen-bond acceptors (Lipinski definition) is 8. The number of nitro benzene ring substituents is 1. The SMILES string of the molecule is O=c1[nH]c2cc([N+](=O)[O-])c(-n3ccnc3)cc2nc1NS(=O)(=O)c1cccnc1. The number of nitrogens with zero attached hydrogens (tertiary/aromatic N) is 5. The zero-order valence-electron chi connectivity index (χ0n) is 14.4. The molecule has 12 nitrogen and oxygen atoms in total. The summed E-state index contributed by atoms with van der Waals surface area (Å²) in [6.45, 7) is 0. The molecule has 0 saturated heterocycles. The first-order valence-electron chi connectivity index (χ1n) is 7.99. The number of sulfonamides is 1. The second-order valence-electron chi connectivity index (χ2n) is 5.79. The molecule has 0 aliphatic carbocycles. The van der Waals surface area contributed by atoms with Crippen molar-refractivity contribution in [2.24, 2.45) is 0 Å². The van der Waals surface area contributed by atoms with Crippen LogP contribution in [-0.4, -0.2) is 37.8 Å². The van der Waals surface area contributed by atoms with E-state index in [1.54, 1.807) is 0 Å². The highest BCUT2D eigenvalue weighted by molar-refractivity contribution is 7.92. The van der Waals surface area contributed by atoms with Gasteiger partial charge in [0.2, 0.25) is 5.82 Å². The van der Waals surface area contributed by atoms with Crippen LogP contribution in [0.5, 0.6) is 0 Å². The number of imidazole rings is 1. The molecular weight excluding hydrogens is 402 g/mol. The molecule has 0 saturated carbocycles. The molecule has 2 N–H and O–H groups in total. The summed E-state index contributed by atoms with van der Waals surface area (Å²) in [6, 6.07) is 5.25. The van der Waals surface area contributed by atoms with E-state index in [1.165, 1.54) is 47.7 Å². The number of fused-ring (bicyclic) bond motifs is 1. The molecule has 0 aliphatic heterocycles. The number of hydrogen-bond donors (Lipinski definition) is 2. The molecule has 0 spiro atoms. The molecule has 1 aromatic carbocycles. The highest BCUT2D eigenvalue weighted by Gasteiger charge is 2.21. The molecular formula is C16H11N7O5S. The van der Waals surface area contributed by atoms with Crippen molar-refractivity contribution < 1.29 is 13.3 Å². The Hall–Kier alpha value is -4.13. The molecule has 0 unspecified atom stereocenters. The van der Waals surface area contributed by atoms with Gasteiger partial charge in [-0.25, -0.2) is 18.4 Å². The topological polar surface area (TPSA) is 166 Å². The zero-order chi connectivity index (χ0) is 20.6. The predicted molar refractivity (Wildman–Crippen MR) is 101 cm³/mol. The van der Waals surface area contributed by atoms with Gasteiger partial charge in [0.05, 0.1) is 22.3 Å². The number of aromatic amines is 1. The first-order chi connectivity index (χ1) is 13.8. The van der Waals surface area contributed by atoms with Crippen molar-refractivity contribution in [1.29, 1.82) is 0 Å². The van der Waals surface area contributed by atoms with Crippen LogP contribution in [0.15, 0.2) is 65.1 Å². The van der Waals surface area contributed by atoms with E-state index in [1.807, 2.05) is 0 Å². The van der Waals surface area contributed by atoms with Gasteiger partial charge in [0.1, 0.15) is 10.6 Å². The number of nitro groups is 1. The zero-order valence-corrected chi connectivity index (χ0v) is 15.2. The molecule has 146 valence electrons. The number of aromatic nitrogens is 5. The minimum atomic E-state index is -4.10. The molecule has 0 aliphatic rings. The molecule has 0 atom stereocenters. The van der Waals surface area contributed by atoms with Crippen LogP contribution in [-0.2, 0) is 10.0 Å². The molecule has 0 bridgehead atoms. The van der Waals surface area contributed by atoms with E-state index in [2.05, 4.69) is 24.7 Å². The minimum absolute atomic E-state index is 0.0786. The number of H-pyrrole nitrogens is 1. The molecule has 13 heteroatoms. The van der Waals surface area contributed by atoms with Gasteiger partial charge in [-0.3, -0.25) is 24.6 Å². The molecule has 29 heavy (non-hydrogen) atoms. The Bertz CT molecular complexity index is 1380. The van der Waals surface area contributed by atoms with Crippen LogP contribution in [0.2, 0.25) is 0 Å². The quantitative estimate of drug-likeness (QED) is 0.364. The van der Waals surface area contributed by atoms with E-state index in [-0.39, 0.29) is 27.3 Å². The summed E-state index contributed by atoms with van der Waals surface area (Å²) in [5.74, 6) is -0.480. The Kier molecular flexibility index (Phi) is 4.27. The first kappa shape index (κ1) is 18.2. The summed E-state index contributed by atoms with van der Waals surface area (Å²) in [7, 11) is -4.10. The summed E-state index contributed by atoms with van der Waals surface area (Å²) in [5, 5.41) is 11.4. The molecule has 4 rings (SSSR count). The second kappa shape index (κ2) is 6.79. The monoisotopic (exact) mass is 413 g/mol. The van der Waals surface area contributed by atoms with Gasteiger partial charge in [0.25, 0.3) is 21.3 Å². The molecule has 0 fully saturated rings. The van der Waals surface area contributed by atoms with Crippen LogP contribution in [0, 0.1) is 10.1 Å². The van der Waals surface area contributed by atoms with Crippen LogP contribution < -0.4 is 10.3 Å². The fourth-order valence-corrected chi connectivity index (χ4v) is 3.60. The van der Waals surface area contributed by atoms with Gasteiger partial charge >= 0.3 is 0 Å². The normalized spacial score (nSPS) is 11.4. The van der Waals surface area contributed by atoms with E-state index in [9.17, 15) is 23.3 Å². The molecule has 3 heterocycles. The molecule has 3 aromatic heterocycles. The van der Waals surface area contributed by atoms with Crippen LogP contribution >= 0.6 is 0 Å². The maximum atomic E-state index is 12.4. The Labute approximate surface area is 162 Å². The Morgan fingerprint density at radius 1 is 1.21 bits per heavy atom. The van der Waals surface area contributed by atoms with Gasteiger partial charge in [0, 0.05) is 30.9 Å². The smallest absolute Gasteiger partial charge is 0.295 e. The van der Waals surface area contributed by atoms with E-state index >= 15 is 0 Å². The fraction of sp³-hybridized carbons (Fsp3) is 0. The van der Waals surface area contributed by atoms with Crippen LogP contribution in [0.1, 0.15) is 0 Å². The van der Waals surface area contributed by atoms with Crippen molar-refractivity contribution in [3.05, 3.63) is 75.8 Å². The van der Waals surface area contributed by atoms with Crippen LogP contribution in [0.3, 0.4) is 0 Å². The van der Waals surface area contributed by atoms with Gasteiger partial charge < -0.3 is 9.55 Å². The third-order valence-corrected chi connectivity index (χ3v) is 5.27. The summed E-state index contributed by atoms with van der Waals surface area (Å²) >= 11 is 0. The van der Waals surface area contributed by atoms with E-state index < -0.39 is 26.3 Å². The summed E-state index contributed by atoms with van der Waals surface area (Å²) < 4.78 is 28.4. The predicted octanol–water partition coefficient (Wildman–Crippen LogP) is 1.21. The van der Waals surface area contributed by atoms with Gasteiger partial charge in [-0.2, -0.15) is 0 Å². The molecule has 4 aromatic rings. The summed E-state index contributed by atoms with van der Waals surface area (Å²) in [6.07, 6.45) is 6.85.